The first kappa shape index (κ1) is 25.1. The maximum Gasteiger partial charge on any atom is 0.297 e. The Morgan fingerprint density at radius 2 is 1.11 bits per heavy atom. The predicted octanol–water partition coefficient (Wildman–Crippen LogP) is 8.01. The average molecular weight is 526 g/mol. The van der Waals surface area contributed by atoms with Crippen LogP contribution in [-0.2, 0) is 14.3 Å². The standard InChI is InChI=1S/C21H34Br2O3S/c1-2-3-4-5-6-7-8-9-10-11-12-13-14-15-26-27(24,25)21-17-19(22)16-20(23)18-21/h16-18H,2-15H2,1H3. The van der Waals surface area contributed by atoms with E-state index in [4.69, 9.17) is 4.18 Å². The number of unbranched alkanes of at least 4 members (excludes halogenated alkanes) is 12. The quantitative estimate of drug-likeness (QED) is 0.162. The Balaban J connectivity index is 2.01. The molecule has 0 aliphatic heterocycles. The molecule has 0 spiro atoms. The highest BCUT2D eigenvalue weighted by Crippen LogP contribution is 2.24. The van der Waals surface area contributed by atoms with Crippen molar-refractivity contribution in [2.75, 3.05) is 6.61 Å². The summed E-state index contributed by atoms with van der Waals surface area (Å²) in [5.41, 5.74) is 0. The molecule has 27 heavy (non-hydrogen) atoms. The first-order valence-corrected chi connectivity index (χ1v) is 13.3. The molecule has 1 aromatic rings. The van der Waals surface area contributed by atoms with E-state index in [-0.39, 0.29) is 11.5 Å². The molecule has 0 radical (unpaired) electrons. The van der Waals surface area contributed by atoms with Gasteiger partial charge in [-0.25, -0.2) is 0 Å². The second-order valence-electron chi connectivity index (χ2n) is 7.12. The van der Waals surface area contributed by atoms with Gasteiger partial charge in [0.1, 0.15) is 0 Å². The van der Waals surface area contributed by atoms with Gasteiger partial charge in [-0.1, -0.05) is 116 Å². The van der Waals surface area contributed by atoms with Gasteiger partial charge >= 0.3 is 0 Å². The number of hydrogen-bond donors (Lipinski definition) is 0. The van der Waals surface area contributed by atoms with E-state index in [1.165, 1.54) is 64.2 Å². The lowest BCUT2D eigenvalue weighted by molar-refractivity contribution is 0.306. The van der Waals surface area contributed by atoms with Crippen LogP contribution in [0.4, 0.5) is 0 Å². The summed E-state index contributed by atoms with van der Waals surface area (Å²) in [5.74, 6) is 0. The Morgan fingerprint density at radius 1 is 0.704 bits per heavy atom. The van der Waals surface area contributed by atoms with Crippen molar-refractivity contribution in [3.8, 4) is 0 Å². The van der Waals surface area contributed by atoms with E-state index in [1.807, 2.05) is 0 Å². The number of halogens is 2. The van der Waals surface area contributed by atoms with Crippen LogP contribution >= 0.6 is 31.9 Å². The van der Waals surface area contributed by atoms with Crippen molar-refractivity contribution in [3.05, 3.63) is 27.1 Å². The van der Waals surface area contributed by atoms with Gasteiger partial charge in [-0.2, -0.15) is 8.42 Å². The van der Waals surface area contributed by atoms with Crippen molar-refractivity contribution >= 4 is 42.0 Å². The Morgan fingerprint density at radius 3 is 1.56 bits per heavy atom. The first-order valence-electron chi connectivity index (χ1n) is 10.3. The summed E-state index contributed by atoms with van der Waals surface area (Å²) in [6.45, 7) is 2.51. The molecule has 0 aliphatic rings. The van der Waals surface area contributed by atoms with Crippen molar-refractivity contribution in [2.24, 2.45) is 0 Å². The van der Waals surface area contributed by atoms with Crippen molar-refractivity contribution in [3.63, 3.8) is 0 Å². The molecule has 0 aliphatic carbocycles. The molecule has 0 aromatic heterocycles. The third-order valence-corrected chi connectivity index (χ3v) is 6.82. The van der Waals surface area contributed by atoms with Gasteiger partial charge in [0.2, 0.25) is 0 Å². The zero-order valence-electron chi connectivity index (χ0n) is 16.5. The Bertz CT molecular complexity index is 598. The van der Waals surface area contributed by atoms with E-state index in [0.717, 1.165) is 19.3 Å². The van der Waals surface area contributed by atoms with Crippen LogP contribution in [0.5, 0.6) is 0 Å². The number of benzene rings is 1. The normalized spacial score (nSPS) is 11.8. The van der Waals surface area contributed by atoms with Crippen LogP contribution in [0.3, 0.4) is 0 Å². The molecule has 0 saturated heterocycles. The predicted molar refractivity (Wildman–Crippen MR) is 121 cm³/mol. The van der Waals surface area contributed by atoms with Crippen molar-refractivity contribution < 1.29 is 12.6 Å². The summed E-state index contributed by atoms with van der Waals surface area (Å²) in [6, 6.07) is 4.92. The molecule has 0 heterocycles. The monoisotopic (exact) mass is 524 g/mol. The fourth-order valence-corrected chi connectivity index (χ4v) is 5.64. The lowest BCUT2D eigenvalue weighted by atomic mass is 10.0. The molecule has 1 rings (SSSR count). The Hall–Kier alpha value is 0.0900. The average Bonchev–Trinajstić information content (AvgIpc) is 2.61. The van der Waals surface area contributed by atoms with Crippen LogP contribution in [0, 0.1) is 0 Å². The largest absolute Gasteiger partial charge is 0.297 e. The van der Waals surface area contributed by atoms with Crippen molar-refractivity contribution in [1.29, 1.82) is 0 Å². The molecule has 6 heteroatoms. The van der Waals surface area contributed by atoms with E-state index in [1.54, 1.807) is 18.2 Å². The molecule has 0 unspecified atom stereocenters. The molecule has 0 fully saturated rings. The van der Waals surface area contributed by atoms with Gasteiger partial charge in [0.25, 0.3) is 10.1 Å². The highest BCUT2D eigenvalue weighted by Gasteiger charge is 2.16. The van der Waals surface area contributed by atoms with Crippen LogP contribution in [0.25, 0.3) is 0 Å². The van der Waals surface area contributed by atoms with E-state index < -0.39 is 10.1 Å². The fraction of sp³-hybridized carbons (Fsp3) is 0.714. The van der Waals surface area contributed by atoms with Gasteiger partial charge in [-0.05, 0) is 24.6 Å². The topological polar surface area (TPSA) is 43.4 Å². The molecule has 0 N–H and O–H groups in total. The van der Waals surface area contributed by atoms with Crippen LogP contribution in [0.2, 0.25) is 0 Å². The Kier molecular flexibility index (Phi) is 14.0. The molecular formula is C21H34Br2O3S. The van der Waals surface area contributed by atoms with Gasteiger partial charge < -0.3 is 0 Å². The zero-order chi connectivity index (χ0) is 20.0. The van der Waals surface area contributed by atoms with Gasteiger partial charge in [0, 0.05) is 8.95 Å². The summed E-state index contributed by atoms with van der Waals surface area (Å²) in [5, 5.41) is 0. The molecule has 0 saturated carbocycles. The van der Waals surface area contributed by atoms with E-state index in [9.17, 15) is 8.42 Å². The second kappa shape index (κ2) is 15.0. The summed E-state index contributed by atoms with van der Waals surface area (Å²) in [6.07, 6.45) is 16.4. The van der Waals surface area contributed by atoms with E-state index in [0.29, 0.717) is 8.95 Å². The molecule has 3 nitrogen and oxygen atoms in total. The third-order valence-electron chi connectivity index (χ3n) is 4.61. The minimum Gasteiger partial charge on any atom is -0.266 e. The molecule has 0 bridgehead atoms. The van der Waals surface area contributed by atoms with E-state index in [2.05, 4.69) is 38.8 Å². The maximum absolute atomic E-state index is 12.2. The van der Waals surface area contributed by atoms with Gasteiger partial charge in [-0.3, -0.25) is 4.18 Å². The van der Waals surface area contributed by atoms with Crippen LogP contribution in [-0.4, -0.2) is 15.0 Å². The smallest absolute Gasteiger partial charge is 0.266 e. The molecular weight excluding hydrogens is 492 g/mol. The van der Waals surface area contributed by atoms with Crippen molar-refractivity contribution in [2.45, 2.75) is 95.3 Å². The molecule has 156 valence electrons. The molecule has 1 aromatic carbocycles. The van der Waals surface area contributed by atoms with Gasteiger partial charge in [0.15, 0.2) is 0 Å². The SMILES string of the molecule is CCCCCCCCCCCCCCCOS(=O)(=O)c1cc(Br)cc(Br)c1. The molecule has 0 amide bonds. The summed E-state index contributed by atoms with van der Waals surface area (Å²) >= 11 is 6.60. The van der Waals surface area contributed by atoms with Crippen molar-refractivity contribution in [1.82, 2.24) is 0 Å². The van der Waals surface area contributed by atoms with Crippen LogP contribution in [0.15, 0.2) is 32.0 Å². The highest BCUT2D eigenvalue weighted by molar-refractivity contribution is 9.11. The second-order valence-corrected chi connectivity index (χ2v) is 10.6. The maximum atomic E-state index is 12.2. The highest BCUT2D eigenvalue weighted by atomic mass is 79.9. The first-order chi connectivity index (χ1) is 13.0. The number of rotatable bonds is 16. The minimum absolute atomic E-state index is 0.179. The molecule has 0 atom stereocenters. The Labute approximate surface area is 183 Å². The van der Waals surface area contributed by atoms with Crippen LogP contribution < -0.4 is 0 Å². The zero-order valence-corrected chi connectivity index (χ0v) is 20.5. The lowest BCUT2D eigenvalue weighted by Crippen LogP contribution is -2.07. The summed E-state index contributed by atoms with van der Waals surface area (Å²) < 4.78 is 31.0. The van der Waals surface area contributed by atoms with E-state index >= 15 is 0 Å². The summed E-state index contributed by atoms with van der Waals surface area (Å²) in [7, 11) is -3.68. The third kappa shape index (κ3) is 12.3. The summed E-state index contributed by atoms with van der Waals surface area (Å²) in [4.78, 5) is 0.179. The van der Waals surface area contributed by atoms with Gasteiger partial charge in [0.05, 0.1) is 11.5 Å². The fourth-order valence-electron chi connectivity index (χ4n) is 3.03. The lowest BCUT2D eigenvalue weighted by Gasteiger charge is -2.07. The number of hydrogen-bond acceptors (Lipinski definition) is 3. The minimum atomic E-state index is -3.68. The van der Waals surface area contributed by atoms with Gasteiger partial charge in [-0.15, -0.1) is 0 Å². The van der Waals surface area contributed by atoms with Crippen LogP contribution in [0.1, 0.15) is 90.4 Å².